The van der Waals surface area contributed by atoms with Gasteiger partial charge in [0.05, 0.1) is 18.4 Å². The molecular formula is C23H18N2O4. The molecule has 0 aliphatic heterocycles. The number of hydrogen-bond donors (Lipinski definition) is 1. The first-order valence-electron chi connectivity index (χ1n) is 9.06. The fraction of sp³-hybridized carbons (Fsp3) is 0.130. The molecule has 0 radical (unpaired) electrons. The first-order chi connectivity index (χ1) is 14.1. The Bertz CT molecular complexity index is 1250. The Balaban J connectivity index is 1.61. The smallest absolute Gasteiger partial charge is 0.265 e. The lowest BCUT2D eigenvalue weighted by Crippen LogP contribution is -2.30. The summed E-state index contributed by atoms with van der Waals surface area (Å²) in [4.78, 5) is 12.7. The van der Waals surface area contributed by atoms with Gasteiger partial charge >= 0.3 is 0 Å². The number of anilines is 1. The summed E-state index contributed by atoms with van der Waals surface area (Å²) in [5, 5.41) is 13.9. The van der Waals surface area contributed by atoms with Gasteiger partial charge in [0, 0.05) is 16.8 Å². The maximum Gasteiger partial charge on any atom is 0.265 e. The molecule has 1 aromatic heterocycles. The molecule has 0 fully saturated rings. The minimum absolute atomic E-state index is 0.359. The summed E-state index contributed by atoms with van der Waals surface area (Å²) in [6, 6.07) is 20.1. The number of methoxy groups -OCH3 is 1. The van der Waals surface area contributed by atoms with Crippen LogP contribution in [0.5, 0.6) is 11.5 Å². The van der Waals surface area contributed by atoms with Gasteiger partial charge < -0.3 is 19.2 Å². The molecule has 0 saturated carbocycles. The predicted molar refractivity (Wildman–Crippen MR) is 110 cm³/mol. The van der Waals surface area contributed by atoms with Crippen molar-refractivity contribution >= 4 is 33.5 Å². The van der Waals surface area contributed by atoms with Crippen LogP contribution >= 0.6 is 0 Å². The van der Waals surface area contributed by atoms with E-state index in [0.29, 0.717) is 28.3 Å². The van der Waals surface area contributed by atoms with Crippen LogP contribution in [0, 0.1) is 11.3 Å². The SMILES string of the molecule is COc1cc2c(cc1NC(=O)[C@@H](C)Oc1ccccc1C#N)oc1ccccc12. The molecule has 6 nitrogen and oxygen atoms in total. The molecule has 1 atom stereocenters. The normalized spacial score (nSPS) is 11.8. The van der Waals surface area contributed by atoms with Gasteiger partial charge in [-0.1, -0.05) is 30.3 Å². The average Bonchev–Trinajstić information content (AvgIpc) is 3.10. The monoisotopic (exact) mass is 386 g/mol. The molecule has 1 N–H and O–H groups in total. The number of ether oxygens (including phenoxy) is 2. The highest BCUT2D eigenvalue weighted by Gasteiger charge is 2.19. The summed E-state index contributed by atoms with van der Waals surface area (Å²) in [5.41, 5.74) is 2.25. The van der Waals surface area contributed by atoms with E-state index < -0.39 is 6.10 Å². The lowest BCUT2D eigenvalue weighted by Gasteiger charge is -2.16. The number of nitriles is 1. The number of carbonyl (C=O) groups is 1. The Kier molecular flexibility index (Phi) is 4.80. The number of nitrogens with zero attached hydrogens (tertiary/aromatic N) is 1. The van der Waals surface area contributed by atoms with Crippen LogP contribution in [0.25, 0.3) is 21.9 Å². The third kappa shape index (κ3) is 3.46. The predicted octanol–water partition coefficient (Wildman–Crippen LogP) is 4.87. The van der Waals surface area contributed by atoms with E-state index in [-0.39, 0.29) is 5.91 Å². The van der Waals surface area contributed by atoms with Gasteiger partial charge in [0.25, 0.3) is 5.91 Å². The van der Waals surface area contributed by atoms with Gasteiger partial charge in [-0.15, -0.1) is 0 Å². The Morgan fingerprint density at radius 1 is 1.03 bits per heavy atom. The molecule has 0 bridgehead atoms. The number of hydrogen-bond acceptors (Lipinski definition) is 5. The highest BCUT2D eigenvalue weighted by molar-refractivity contribution is 6.08. The van der Waals surface area contributed by atoms with Crippen molar-refractivity contribution in [1.82, 2.24) is 0 Å². The summed E-state index contributed by atoms with van der Waals surface area (Å²) in [6.07, 6.45) is -0.819. The van der Waals surface area contributed by atoms with Crippen molar-refractivity contribution in [2.45, 2.75) is 13.0 Å². The molecule has 1 amide bonds. The van der Waals surface area contributed by atoms with Crippen LogP contribution in [0.2, 0.25) is 0 Å². The largest absolute Gasteiger partial charge is 0.495 e. The van der Waals surface area contributed by atoms with Crippen molar-refractivity contribution < 1.29 is 18.7 Å². The van der Waals surface area contributed by atoms with Crippen LogP contribution in [0.1, 0.15) is 12.5 Å². The summed E-state index contributed by atoms with van der Waals surface area (Å²) in [7, 11) is 1.54. The Labute approximate surface area is 167 Å². The molecular weight excluding hydrogens is 368 g/mol. The Hall–Kier alpha value is -3.98. The average molecular weight is 386 g/mol. The zero-order valence-electron chi connectivity index (χ0n) is 15.9. The lowest BCUT2D eigenvalue weighted by atomic mass is 10.1. The van der Waals surface area contributed by atoms with Crippen molar-refractivity contribution in [2.24, 2.45) is 0 Å². The topological polar surface area (TPSA) is 84.5 Å². The number of benzene rings is 3. The van der Waals surface area contributed by atoms with E-state index in [1.165, 1.54) is 0 Å². The van der Waals surface area contributed by atoms with Gasteiger partial charge in [-0.3, -0.25) is 4.79 Å². The fourth-order valence-corrected chi connectivity index (χ4v) is 3.16. The molecule has 6 heteroatoms. The second-order valence-electron chi connectivity index (χ2n) is 6.50. The second kappa shape index (κ2) is 7.56. The van der Waals surface area contributed by atoms with E-state index in [2.05, 4.69) is 11.4 Å². The summed E-state index contributed by atoms with van der Waals surface area (Å²) in [5.74, 6) is 0.505. The van der Waals surface area contributed by atoms with Gasteiger partial charge in [0.15, 0.2) is 6.10 Å². The molecule has 3 aromatic carbocycles. The van der Waals surface area contributed by atoms with Crippen LogP contribution in [-0.4, -0.2) is 19.1 Å². The van der Waals surface area contributed by atoms with Gasteiger partial charge in [-0.25, -0.2) is 0 Å². The van der Waals surface area contributed by atoms with E-state index in [0.717, 1.165) is 16.4 Å². The third-order valence-corrected chi connectivity index (χ3v) is 4.64. The second-order valence-corrected chi connectivity index (χ2v) is 6.50. The van der Waals surface area contributed by atoms with Gasteiger partial charge in [-0.2, -0.15) is 5.26 Å². The maximum absolute atomic E-state index is 12.7. The quantitative estimate of drug-likeness (QED) is 0.529. The van der Waals surface area contributed by atoms with Crippen LogP contribution in [0.4, 0.5) is 5.69 Å². The molecule has 1 heterocycles. The van der Waals surface area contributed by atoms with E-state index in [1.54, 1.807) is 44.4 Å². The number of nitrogens with one attached hydrogen (secondary N) is 1. The summed E-state index contributed by atoms with van der Waals surface area (Å²) >= 11 is 0. The zero-order chi connectivity index (χ0) is 20.4. The first kappa shape index (κ1) is 18.4. The Morgan fingerprint density at radius 2 is 1.79 bits per heavy atom. The molecule has 4 rings (SSSR count). The Morgan fingerprint density at radius 3 is 2.59 bits per heavy atom. The standard InChI is InChI=1S/C23H18N2O4/c1-14(28-19-9-5-3-7-15(19)13-24)23(26)25-18-12-21-17(11-22(18)27-2)16-8-4-6-10-20(16)29-21/h3-12,14H,1-2H3,(H,25,26)/t14-/m1/s1. The van der Waals surface area contributed by atoms with Gasteiger partial charge in [0.2, 0.25) is 0 Å². The van der Waals surface area contributed by atoms with Crippen LogP contribution < -0.4 is 14.8 Å². The van der Waals surface area contributed by atoms with Gasteiger partial charge in [0.1, 0.15) is 28.7 Å². The fourth-order valence-electron chi connectivity index (χ4n) is 3.16. The minimum Gasteiger partial charge on any atom is -0.495 e. The van der Waals surface area contributed by atoms with Crippen LogP contribution in [0.3, 0.4) is 0 Å². The van der Waals surface area contributed by atoms with Crippen molar-refractivity contribution in [3.8, 4) is 17.6 Å². The number of fused-ring (bicyclic) bond motifs is 3. The number of amides is 1. The molecule has 0 unspecified atom stereocenters. The summed E-state index contributed by atoms with van der Waals surface area (Å²) in [6.45, 7) is 1.62. The lowest BCUT2D eigenvalue weighted by molar-refractivity contribution is -0.122. The first-order valence-corrected chi connectivity index (χ1v) is 9.06. The van der Waals surface area contributed by atoms with E-state index in [1.807, 2.05) is 30.3 Å². The van der Waals surface area contributed by atoms with E-state index >= 15 is 0 Å². The van der Waals surface area contributed by atoms with Crippen LogP contribution in [0.15, 0.2) is 65.1 Å². The highest BCUT2D eigenvalue weighted by Crippen LogP contribution is 2.36. The number of rotatable bonds is 5. The number of furan rings is 1. The molecule has 29 heavy (non-hydrogen) atoms. The van der Waals surface area contributed by atoms with Gasteiger partial charge in [-0.05, 0) is 31.2 Å². The molecule has 0 aliphatic carbocycles. The van der Waals surface area contributed by atoms with E-state index in [9.17, 15) is 10.1 Å². The molecule has 0 saturated heterocycles. The van der Waals surface area contributed by atoms with Crippen molar-refractivity contribution in [3.63, 3.8) is 0 Å². The van der Waals surface area contributed by atoms with Crippen molar-refractivity contribution in [2.75, 3.05) is 12.4 Å². The number of carbonyl (C=O) groups excluding carboxylic acids is 1. The molecule has 0 aliphatic rings. The highest BCUT2D eigenvalue weighted by atomic mass is 16.5. The zero-order valence-corrected chi connectivity index (χ0v) is 15.9. The molecule has 0 spiro atoms. The summed E-state index contributed by atoms with van der Waals surface area (Å²) < 4.78 is 17.0. The maximum atomic E-state index is 12.7. The third-order valence-electron chi connectivity index (χ3n) is 4.64. The molecule has 144 valence electrons. The number of para-hydroxylation sites is 2. The molecule has 4 aromatic rings. The van der Waals surface area contributed by atoms with Crippen LogP contribution in [-0.2, 0) is 4.79 Å². The van der Waals surface area contributed by atoms with E-state index in [4.69, 9.17) is 13.9 Å². The minimum atomic E-state index is -0.819. The van der Waals surface area contributed by atoms with Crippen molar-refractivity contribution in [3.05, 3.63) is 66.2 Å². The van der Waals surface area contributed by atoms with Crippen molar-refractivity contribution in [1.29, 1.82) is 5.26 Å².